The molecular weight excluding hydrogens is 240 g/mol. The van der Waals surface area contributed by atoms with E-state index in [1.807, 2.05) is 11.8 Å². The van der Waals surface area contributed by atoms with E-state index in [0.717, 1.165) is 44.0 Å². The normalized spacial score (nSPS) is 17.2. The standard InChI is InChI=1S/C14H26N4O/c1-5-17(10-19)7-6-13-8-18(9-13)14(16-4)11(2)12(3)15/h13,15,19H,4-10H2,1-3H3/b14-11+,15-12?. The fourth-order valence-corrected chi connectivity index (χ4v) is 2.24. The number of hydrogen-bond acceptors (Lipinski definition) is 5. The van der Waals surface area contributed by atoms with E-state index in [9.17, 15) is 0 Å². The van der Waals surface area contributed by atoms with Crippen LogP contribution in [0.4, 0.5) is 0 Å². The molecule has 0 aromatic carbocycles. The molecule has 5 nitrogen and oxygen atoms in total. The molecule has 0 radical (unpaired) electrons. The lowest BCUT2D eigenvalue weighted by molar-refractivity contribution is 0.0799. The van der Waals surface area contributed by atoms with E-state index in [2.05, 4.69) is 23.5 Å². The molecular formula is C14H26N4O. The van der Waals surface area contributed by atoms with Gasteiger partial charge in [-0.15, -0.1) is 0 Å². The van der Waals surface area contributed by atoms with Crippen molar-refractivity contribution in [3.05, 3.63) is 11.4 Å². The molecule has 1 aliphatic rings. The predicted octanol–water partition coefficient (Wildman–Crippen LogP) is 1.55. The van der Waals surface area contributed by atoms with Gasteiger partial charge in [-0.25, -0.2) is 4.99 Å². The highest BCUT2D eigenvalue weighted by atomic mass is 16.3. The zero-order chi connectivity index (χ0) is 14.4. The Labute approximate surface area is 116 Å². The second kappa shape index (κ2) is 7.40. The van der Waals surface area contributed by atoms with Gasteiger partial charge in [0.1, 0.15) is 5.82 Å². The van der Waals surface area contributed by atoms with Crippen LogP contribution in [-0.2, 0) is 0 Å². The van der Waals surface area contributed by atoms with Crippen molar-refractivity contribution in [1.82, 2.24) is 9.80 Å². The summed E-state index contributed by atoms with van der Waals surface area (Å²) in [5, 5.41) is 16.8. The predicted molar refractivity (Wildman–Crippen MR) is 79.7 cm³/mol. The molecule has 19 heavy (non-hydrogen) atoms. The Bertz CT molecular complexity index is 354. The van der Waals surface area contributed by atoms with Crippen LogP contribution in [0, 0.1) is 11.3 Å². The van der Waals surface area contributed by atoms with Gasteiger partial charge < -0.3 is 15.4 Å². The van der Waals surface area contributed by atoms with Gasteiger partial charge in [0.05, 0.1) is 6.73 Å². The minimum absolute atomic E-state index is 0.137. The van der Waals surface area contributed by atoms with Gasteiger partial charge in [-0.1, -0.05) is 6.92 Å². The fraction of sp³-hybridized carbons (Fsp3) is 0.714. The molecule has 1 aliphatic heterocycles. The molecule has 0 aromatic heterocycles. The van der Waals surface area contributed by atoms with Gasteiger partial charge in [-0.3, -0.25) is 4.90 Å². The van der Waals surface area contributed by atoms with Crippen LogP contribution in [0.3, 0.4) is 0 Å². The molecule has 0 aromatic rings. The molecule has 0 amide bonds. The van der Waals surface area contributed by atoms with Crippen LogP contribution in [0.15, 0.2) is 16.4 Å². The zero-order valence-corrected chi connectivity index (χ0v) is 12.3. The van der Waals surface area contributed by atoms with Crippen molar-refractivity contribution in [3.63, 3.8) is 0 Å². The molecule has 0 saturated carbocycles. The summed E-state index contributed by atoms with van der Waals surface area (Å²) >= 11 is 0. The lowest BCUT2D eigenvalue weighted by Gasteiger charge is -2.42. The van der Waals surface area contributed by atoms with E-state index < -0.39 is 0 Å². The van der Waals surface area contributed by atoms with E-state index in [-0.39, 0.29) is 6.73 Å². The Morgan fingerprint density at radius 1 is 1.47 bits per heavy atom. The highest BCUT2D eigenvalue weighted by Crippen LogP contribution is 2.26. The van der Waals surface area contributed by atoms with E-state index in [1.54, 1.807) is 6.92 Å². The highest BCUT2D eigenvalue weighted by molar-refractivity contribution is 5.95. The Morgan fingerprint density at radius 2 is 2.11 bits per heavy atom. The maximum atomic E-state index is 9.10. The van der Waals surface area contributed by atoms with E-state index in [1.165, 1.54) is 0 Å². The molecule has 1 fully saturated rings. The molecule has 2 N–H and O–H groups in total. The number of aliphatic imine (C=N–C) groups is 1. The average Bonchev–Trinajstić information content (AvgIpc) is 2.35. The zero-order valence-electron chi connectivity index (χ0n) is 12.3. The summed E-state index contributed by atoms with van der Waals surface area (Å²) in [6.07, 6.45) is 1.10. The van der Waals surface area contributed by atoms with Gasteiger partial charge in [-0.2, -0.15) is 0 Å². The third-order valence-electron chi connectivity index (χ3n) is 3.81. The van der Waals surface area contributed by atoms with Gasteiger partial charge in [-0.05, 0) is 39.4 Å². The number of aliphatic hydroxyl groups is 1. The first kappa shape index (κ1) is 15.9. The first-order chi connectivity index (χ1) is 9.03. The van der Waals surface area contributed by atoms with Crippen LogP contribution >= 0.6 is 0 Å². The lowest BCUT2D eigenvalue weighted by Crippen LogP contribution is -2.47. The van der Waals surface area contributed by atoms with Crippen molar-refractivity contribution in [2.75, 3.05) is 32.9 Å². The van der Waals surface area contributed by atoms with Crippen molar-refractivity contribution in [1.29, 1.82) is 5.41 Å². The van der Waals surface area contributed by atoms with Crippen molar-refractivity contribution < 1.29 is 5.11 Å². The Balaban J connectivity index is 2.42. The van der Waals surface area contributed by atoms with Crippen LogP contribution in [0.2, 0.25) is 0 Å². The van der Waals surface area contributed by atoms with Crippen LogP contribution in [-0.4, -0.2) is 60.2 Å². The Morgan fingerprint density at radius 3 is 2.53 bits per heavy atom. The highest BCUT2D eigenvalue weighted by Gasteiger charge is 2.29. The van der Waals surface area contributed by atoms with Crippen molar-refractivity contribution in [2.24, 2.45) is 10.9 Å². The number of likely N-dealkylation sites (tertiary alicyclic amines) is 1. The summed E-state index contributed by atoms with van der Waals surface area (Å²) in [5.74, 6) is 1.49. The summed E-state index contributed by atoms with van der Waals surface area (Å²) in [6.45, 7) is 13.3. The smallest absolute Gasteiger partial charge is 0.132 e. The number of rotatable bonds is 8. The Kier molecular flexibility index (Phi) is 6.18. The van der Waals surface area contributed by atoms with Crippen LogP contribution in [0.25, 0.3) is 0 Å². The van der Waals surface area contributed by atoms with Crippen molar-refractivity contribution in [2.45, 2.75) is 27.2 Å². The van der Waals surface area contributed by atoms with Crippen LogP contribution in [0.5, 0.6) is 0 Å². The summed E-state index contributed by atoms with van der Waals surface area (Å²) in [4.78, 5) is 8.26. The maximum absolute atomic E-state index is 9.10. The minimum Gasteiger partial charge on any atom is -0.381 e. The van der Waals surface area contributed by atoms with Crippen LogP contribution in [0.1, 0.15) is 27.2 Å². The van der Waals surface area contributed by atoms with Crippen LogP contribution < -0.4 is 0 Å². The molecule has 1 rings (SSSR count). The van der Waals surface area contributed by atoms with Crippen molar-refractivity contribution in [3.8, 4) is 0 Å². The molecule has 0 atom stereocenters. The lowest BCUT2D eigenvalue weighted by atomic mass is 9.95. The van der Waals surface area contributed by atoms with Gasteiger partial charge in [0.15, 0.2) is 0 Å². The number of allylic oxidation sites excluding steroid dienone is 1. The van der Waals surface area contributed by atoms with Gasteiger partial charge in [0.25, 0.3) is 0 Å². The molecule has 108 valence electrons. The number of nitrogens with zero attached hydrogens (tertiary/aromatic N) is 3. The third-order valence-corrected chi connectivity index (χ3v) is 3.81. The van der Waals surface area contributed by atoms with Crippen molar-refractivity contribution >= 4 is 12.4 Å². The summed E-state index contributed by atoms with van der Waals surface area (Å²) < 4.78 is 0. The average molecular weight is 266 g/mol. The Hall–Kier alpha value is -1.20. The maximum Gasteiger partial charge on any atom is 0.132 e. The quantitative estimate of drug-likeness (QED) is 0.517. The summed E-state index contributed by atoms with van der Waals surface area (Å²) in [5.41, 5.74) is 1.45. The molecule has 0 bridgehead atoms. The fourth-order valence-electron chi connectivity index (χ4n) is 2.24. The van der Waals surface area contributed by atoms with Gasteiger partial charge in [0, 0.05) is 30.9 Å². The van der Waals surface area contributed by atoms with E-state index in [0.29, 0.717) is 11.6 Å². The second-order valence-electron chi connectivity index (χ2n) is 5.14. The number of nitrogens with one attached hydrogen (secondary N) is 1. The SMILES string of the molecule is C=N/C(=C(/C)C(C)=N)N1CC(CCN(CC)CO)C1. The molecule has 1 heterocycles. The molecule has 1 saturated heterocycles. The summed E-state index contributed by atoms with van der Waals surface area (Å²) in [6, 6.07) is 0. The number of hydrogen-bond donors (Lipinski definition) is 2. The molecule has 0 spiro atoms. The van der Waals surface area contributed by atoms with E-state index in [4.69, 9.17) is 10.5 Å². The topological polar surface area (TPSA) is 62.9 Å². The second-order valence-corrected chi connectivity index (χ2v) is 5.14. The number of aliphatic hydroxyl groups excluding tert-OH is 1. The van der Waals surface area contributed by atoms with E-state index >= 15 is 0 Å². The molecule has 0 unspecified atom stereocenters. The monoisotopic (exact) mass is 266 g/mol. The van der Waals surface area contributed by atoms with Gasteiger partial charge in [0.2, 0.25) is 0 Å². The largest absolute Gasteiger partial charge is 0.381 e. The first-order valence-electron chi connectivity index (χ1n) is 6.84. The van der Waals surface area contributed by atoms with Gasteiger partial charge >= 0.3 is 0 Å². The molecule has 5 heteroatoms. The minimum atomic E-state index is 0.137. The molecule has 0 aliphatic carbocycles. The third kappa shape index (κ3) is 4.14. The summed E-state index contributed by atoms with van der Waals surface area (Å²) in [7, 11) is 0. The first-order valence-corrected chi connectivity index (χ1v) is 6.84.